The van der Waals surface area contributed by atoms with Crippen LogP contribution in [-0.2, 0) is 38.7 Å². The van der Waals surface area contributed by atoms with Gasteiger partial charge < -0.3 is 20.7 Å². The van der Waals surface area contributed by atoms with Gasteiger partial charge in [0.15, 0.2) is 0 Å². The SMILES string of the molecule is CC(C)C(NC(=O)OCc1ccccc1)C(=O)NC1CCc2nnsc2CNC(=O)C1=O. The summed E-state index contributed by atoms with van der Waals surface area (Å²) in [5, 5.41) is 11.7. The number of nitrogens with one attached hydrogen (secondary N) is 3. The lowest BCUT2D eigenvalue weighted by atomic mass is 10.0. The van der Waals surface area contributed by atoms with Crippen LogP contribution in [0.1, 0.15) is 36.4 Å². The zero-order valence-electron chi connectivity index (χ0n) is 17.8. The van der Waals surface area contributed by atoms with Gasteiger partial charge in [-0.15, -0.1) is 5.10 Å². The molecule has 2 aromatic rings. The summed E-state index contributed by atoms with van der Waals surface area (Å²) in [7, 11) is 0. The van der Waals surface area contributed by atoms with Gasteiger partial charge in [0.25, 0.3) is 5.91 Å². The van der Waals surface area contributed by atoms with Crippen LogP contribution in [0.15, 0.2) is 30.3 Å². The molecule has 1 aliphatic heterocycles. The molecule has 0 bridgehead atoms. The molecule has 32 heavy (non-hydrogen) atoms. The number of Topliss-reactive ketones (excluding diaryl/α,β-unsaturated/α-hetero) is 1. The number of rotatable bonds is 6. The second kappa shape index (κ2) is 10.8. The van der Waals surface area contributed by atoms with Crippen molar-refractivity contribution in [3.63, 3.8) is 0 Å². The van der Waals surface area contributed by atoms with Crippen molar-refractivity contribution in [3.8, 4) is 0 Å². The van der Waals surface area contributed by atoms with E-state index in [0.29, 0.717) is 12.1 Å². The highest BCUT2D eigenvalue weighted by Gasteiger charge is 2.33. The number of aryl methyl sites for hydroxylation is 1. The monoisotopic (exact) mass is 459 g/mol. The minimum absolute atomic E-state index is 0.0599. The number of alkyl carbamates (subject to hydrolysis) is 1. The Labute approximate surface area is 189 Å². The number of carbonyl (C=O) groups is 4. The summed E-state index contributed by atoms with van der Waals surface area (Å²) in [4.78, 5) is 50.7. The molecule has 0 fully saturated rings. The molecule has 2 atom stereocenters. The minimum atomic E-state index is -1.04. The van der Waals surface area contributed by atoms with Gasteiger partial charge in [0.05, 0.1) is 23.2 Å². The highest BCUT2D eigenvalue weighted by atomic mass is 32.1. The fourth-order valence-electron chi connectivity index (χ4n) is 3.20. The molecule has 10 nitrogen and oxygen atoms in total. The number of hydrogen-bond donors (Lipinski definition) is 3. The van der Waals surface area contributed by atoms with Crippen LogP contribution in [0.5, 0.6) is 0 Å². The van der Waals surface area contributed by atoms with Crippen LogP contribution in [0.2, 0.25) is 0 Å². The average molecular weight is 460 g/mol. The van der Waals surface area contributed by atoms with Crippen molar-refractivity contribution in [2.24, 2.45) is 5.92 Å². The van der Waals surface area contributed by atoms with Crippen molar-refractivity contribution >= 4 is 35.2 Å². The van der Waals surface area contributed by atoms with Gasteiger partial charge >= 0.3 is 6.09 Å². The summed E-state index contributed by atoms with van der Waals surface area (Å²) in [5.41, 5.74) is 1.50. The molecule has 0 spiro atoms. The maximum Gasteiger partial charge on any atom is 0.408 e. The summed E-state index contributed by atoms with van der Waals surface area (Å²) < 4.78 is 9.07. The number of nitrogens with zero attached hydrogens (tertiary/aromatic N) is 2. The molecule has 1 aromatic carbocycles. The largest absolute Gasteiger partial charge is 0.445 e. The highest BCUT2D eigenvalue weighted by Crippen LogP contribution is 2.16. The van der Waals surface area contributed by atoms with Crippen molar-refractivity contribution in [2.75, 3.05) is 0 Å². The van der Waals surface area contributed by atoms with Crippen LogP contribution in [0.25, 0.3) is 0 Å². The maximum atomic E-state index is 12.9. The van der Waals surface area contributed by atoms with Crippen LogP contribution in [0.3, 0.4) is 0 Å². The predicted octanol–water partition coefficient (Wildman–Crippen LogP) is 1.11. The number of amides is 3. The van der Waals surface area contributed by atoms with Crippen molar-refractivity contribution < 1.29 is 23.9 Å². The molecule has 3 rings (SSSR count). The lowest BCUT2D eigenvalue weighted by Gasteiger charge is -2.24. The number of fused-ring (bicyclic) bond motifs is 1. The van der Waals surface area contributed by atoms with Crippen molar-refractivity contribution in [3.05, 3.63) is 46.5 Å². The predicted molar refractivity (Wildman–Crippen MR) is 115 cm³/mol. The van der Waals surface area contributed by atoms with E-state index in [-0.39, 0.29) is 25.5 Å². The van der Waals surface area contributed by atoms with Gasteiger partial charge in [0.1, 0.15) is 12.6 Å². The Balaban J connectivity index is 1.62. The first-order valence-electron chi connectivity index (χ1n) is 10.2. The van der Waals surface area contributed by atoms with Crippen LogP contribution in [0.4, 0.5) is 4.79 Å². The molecule has 170 valence electrons. The summed E-state index contributed by atoms with van der Waals surface area (Å²) in [5.74, 6) is -2.38. The number of benzene rings is 1. The number of hydrogen-bond acceptors (Lipinski definition) is 8. The molecule has 2 heterocycles. The molecule has 3 amide bonds. The Kier molecular flexibility index (Phi) is 7.87. The van der Waals surface area contributed by atoms with Crippen LogP contribution >= 0.6 is 11.5 Å². The van der Waals surface area contributed by atoms with Gasteiger partial charge in [-0.25, -0.2) is 4.79 Å². The molecular formula is C21H25N5O5S. The highest BCUT2D eigenvalue weighted by molar-refractivity contribution is 7.05. The molecule has 0 radical (unpaired) electrons. The van der Waals surface area contributed by atoms with Gasteiger partial charge in [-0.05, 0) is 35.9 Å². The van der Waals surface area contributed by atoms with Gasteiger partial charge in [0, 0.05) is 0 Å². The second-order valence-corrected chi connectivity index (χ2v) is 8.56. The van der Waals surface area contributed by atoms with Crippen molar-refractivity contribution in [1.82, 2.24) is 25.5 Å². The third-order valence-corrected chi connectivity index (χ3v) is 5.77. The molecule has 1 aliphatic rings. The molecule has 2 unspecified atom stereocenters. The van der Waals surface area contributed by atoms with E-state index in [1.807, 2.05) is 30.3 Å². The lowest BCUT2D eigenvalue weighted by molar-refractivity contribution is -0.140. The van der Waals surface area contributed by atoms with Gasteiger partial charge in [0.2, 0.25) is 11.7 Å². The number of aromatic nitrogens is 2. The maximum absolute atomic E-state index is 12.9. The topological polar surface area (TPSA) is 139 Å². The fourth-order valence-corrected chi connectivity index (χ4v) is 3.82. The van der Waals surface area contributed by atoms with E-state index < -0.39 is 35.8 Å². The zero-order chi connectivity index (χ0) is 23.1. The first-order chi connectivity index (χ1) is 15.3. The summed E-state index contributed by atoms with van der Waals surface area (Å²) in [6, 6.07) is 7.16. The molecule has 11 heteroatoms. The van der Waals surface area contributed by atoms with Gasteiger partial charge in [-0.2, -0.15) is 0 Å². The number of ketones is 1. The molecular weight excluding hydrogens is 434 g/mol. The molecule has 0 aliphatic carbocycles. The van der Waals surface area contributed by atoms with E-state index in [0.717, 1.165) is 22.0 Å². The van der Waals surface area contributed by atoms with E-state index in [2.05, 4.69) is 25.5 Å². The zero-order valence-corrected chi connectivity index (χ0v) is 18.6. The third kappa shape index (κ3) is 6.10. The molecule has 0 saturated carbocycles. The first-order valence-corrected chi connectivity index (χ1v) is 11.0. The Hall–Kier alpha value is -3.34. The third-order valence-electron chi connectivity index (χ3n) is 5.01. The number of ether oxygens (including phenoxy) is 1. The summed E-state index contributed by atoms with van der Waals surface area (Å²) in [6.07, 6.45) is -0.171. The Bertz CT molecular complexity index is 978. The van der Waals surface area contributed by atoms with Crippen molar-refractivity contribution in [1.29, 1.82) is 0 Å². The quantitative estimate of drug-likeness (QED) is 0.550. The molecule has 0 saturated heterocycles. The average Bonchev–Trinajstić information content (AvgIpc) is 3.24. The van der Waals surface area contributed by atoms with Gasteiger partial charge in [-0.3, -0.25) is 14.4 Å². The van der Waals surface area contributed by atoms with Crippen LogP contribution in [-0.4, -0.2) is 45.4 Å². The summed E-state index contributed by atoms with van der Waals surface area (Å²) >= 11 is 1.16. The Morgan fingerprint density at radius 1 is 1.25 bits per heavy atom. The van der Waals surface area contributed by atoms with E-state index in [9.17, 15) is 19.2 Å². The van der Waals surface area contributed by atoms with Crippen molar-refractivity contribution in [2.45, 2.75) is 51.9 Å². The van der Waals surface area contributed by atoms with Gasteiger partial charge in [-0.1, -0.05) is 48.7 Å². The number of carbonyl (C=O) groups excluding carboxylic acids is 4. The van der Waals surface area contributed by atoms with Crippen LogP contribution < -0.4 is 16.0 Å². The normalized spacial score (nSPS) is 17.3. The molecule has 1 aromatic heterocycles. The van der Waals surface area contributed by atoms with E-state index in [4.69, 9.17) is 4.74 Å². The first kappa shape index (κ1) is 23.3. The Morgan fingerprint density at radius 3 is 2.72 bits per heavy atom. The second-order valence-electron chi connectivity index (χ2n) is 7.72. The smallest absolute Gasteiger partial charge is 0.408 e. The fraction of sp³-hybridized carbons (Fsp3) is 0.429. The van der Waals surface area contributed by atoms with E-state index in [1.165, 1.54) is 0 Å². The molecule has 3 N–H and O–H groups in total. The standard InChI is InChI=1S/C21H25N5O5S/c1-12(2)17(24-21(30)31-11-13-6-4-3-5-7-13)19(28)23-15-9-8-14-16(32-26-25-14)10-22-20(29)18(15)27/h3-7,12,15,17H,8-11H2,1-2H3,(H,22,29)(H,23,28)(H,24,30). The van der Waals surface area contributed by atoms with E-state index in [1.54, 1.807) is 13.8 Å². The summed E-state index contributed by atoms with van der Waals surface area (Å²) in [6.45, 7) is 3.74. The van der Waals surface area contributed by atoms with E-state index >= 15 is 0 Å². The lowest BCUT2D eigenvalue weighted by Crippen LogP contribution is -2.55. The Morgan fingerprint density at radius 2 is 2.00 bits per heavy atom. The minimum Gasteiger partial charge on any atom is -0.445 e. The van der Waals surface area contributed by atoms with Crippen LogP contribution in [0, 0.1) is 5.92 Å².